The predicted molar refractivity (Wildman–Crippen MR) is 82.6 cm³/mol. The fourth-order valence-electron chi connectivity index (χ4n) is 2.60. The number of rotatable bonds is 6. The highest BCUT2D eigenvalue weighted by molar-refractivity contribution is 5.79. The van der Waals surface area contributed by atoms with Crippen LogP contribution in [-0.2, 0) is 9.47 Å². The van der Waals surface area contributed by atoms with E-state index in [1.165, 1.54) is 11.0 Å². The topological polar surface area (TPSA) is 108 Å². The van der Waals surface area contributed by atoms with Gasteiger partial charge in [-0.2, -0.15) is 0 Å². The fraction of sp³-hybridized carbons (Fsp3) is 0.571. The summed E-state index contributed by atoms with van der Waals surface area (Å²) in [5.41, 5.74) is 0.250. The molecule has 9 heteroatoms. The lowest BCUT2D eigenvalue weighted by molar-refractivity contribution is -0.393. The Balaban J connectivity index is 2.71. The van der Waals surface area contributed by atoms with Gasteiger partial charge in [-0.3, -0.25) is 20.2 Å². The maximum Gasteiger partial charge on any atom is 0.302 e. The zero-order valence-corrected chi connectivity index (χ0v) is 13.3. The molecule has 1 aliphatic heterocycles. The molecule has 1 aliphatic rings. The molecule has 0 spiro atoms. The van der Waals surface area contributed by atoms with Gasteiger partial charge < -0.3 is 14.4 Å². The molecular weight excluding hydrogens is 306 g/mol. The Hall–Kier alpha value is -2.26. The molecule has 0 aromatic heterocycles. The van der Waals surface area contributed by atoms with Gasteiger partial charge >= 0.3 is 5.69 Å². The number of benzene rings is 1. The van der Waals surface area contributed by atoms with Gasteiger partial charge in [-0.1, -0.05) is 6.92 Å². The standard InChI is InChI=1S/C14H19N3O6/c1-4-5-15(14-22-6-7-23-14)13-11(16(18)19)8-9(2)10(3)12(13)17(20)21/h8,14H,4-7H2,1-3H3. The SMILES string of the molecule is CCCN(c1c([N+](=O)[O-])cc(C)c(C)c1[N+](=O)[O-])C1OCCO1. The van der Waals surface area contributed by atoms with Gasteiger partial charge in [-0.25, -0.2) is 0 Å². The second-order valence-electron chi connectivity index (χ2n) is 5.29. The van der Waals surface area contributed by atoms with Crippen LogP contribution < -0.4 is 4.90 Å². The summed E-state index contributed by atoms with van der Waals surface area (Å²) in [7, 11) is 0. The molecule has 0 atom stereocenters. The molecule has 1 fully saturated rings. The van der Waals surface area contributed by atoms with Crippen molar-refractivity contribution in [1.82, 2.24) is 0 Å². The quantitative estimate of drug-likeness (QED) is 0.584. The minimum atomic E-state index is -0.852. The number of ether oxygens (including phenoxy) is 2. The summed E-state index contributed by atoms with van der Waals surface area (Å²) in [5.74, 6) is 0. The number of hydrogen-bond donors (Lipinski definition) is 0. The van der Waals surface area contributed by atoms with Gasteiger partial charge in [-0.15, -0.1) is 0 Å². The number of hydrogen-bond acceptors (Lipinski definition) is 7. The highest BCUT2D eigenvalue weighted by Gasteiger charge is 2.37. The molecule has 0 unspecified atom stereocenters. The Labute approximate surface area is 133 Å². The van der Waals surface area contributed by atoms with E-state index in [0.29, 0.717) is 37.3 Å². The third-order valence-electron chi connectivity index (χ3n) is 3.76. The monoisotopic (exact) mass is 325 g/mol. The molecule has 2 rings (SSSR count). The second-order valence-corrected chi connectivity index (χ2v) is 5.29. The van der Waals surface area contributed by atoms with Crippen molar-refractivity contribution in [2.45, 2.75) is 33.6 Å². The van der Waals surface area contributed by atoms with Gasteiger partial charge in [0.05, 0.1) is 23.1 Å². The van der Waals surface area contributed by atoms with Crippen molar-refractivity contribution in [3.05, 3.63) is 37.4 Å². The summed E-state index contributed by atoms with van der Waals surface area (Å²) in [6.07, 6.45) is -0.223. The molecule has 9 nitrogen and oxygen atoms in total. The Morgan fingerprint density at radius 3 is 2.30 bits per heavy atom. The van der Waals surface area contributed by atoms with E-state index in [2.05, 4.69) is 0 Å². The molecule has 1 heterocycles. The average Bonchev–Trinajstić information content (AvgIpc) is 3.00. The van der Waals surface area contributed by atoms with Gasteiger partial charge in [0, 0.05) is 18.2 Å². The van der Waals surface area contributed by atoms with Crippen LogP contribution in [0.5, 0.6) is 0 Å². The van der Waals surface area contributed by atoms with Crippen LogP contribution in [-0.4, -0.2) is 36.0 Å². The Morgan fingerprint density at radius 1 is 1.22 bits per heavy atom. The molecule has 0 aliphatic carbocycles. The summed E-state index contributed by atoms with van der Waals surface area (Å²) in [5, 5.41) is 23.0. The molecule has 0 saturated carbocycles. The van der Waals surface area contributed by atoms with Crippen LogP contribution >= 0.6 is 0 Å². The predicted octanol–water partition coefficient (Wildman–Crippen LogP) is 2.67. The van der Waals surface area contributed by atoms with E-state index in [1.807, 2.05) is 6.92 Å². The Kier molecular flexibility index (Phi) is 5.12. The molecule has 0 radical (unpaired) electrons. The van der Waals surface area contributed by atoms with Crippen LogP contribution in [0.15, 0.2) is 6.07 Å². The lowest BCUT2D eigenvalue weighted by Gasteiger charge is -2.28. The lowest BCUT2D eigenvalue weighted by atomic mass is 10.0. The van der Waals surface area contributed by atoms with E-state index in [9.17, 15) is 20.2 Å². The van der Waals surface area contributed by atoms with Crippen molar-refractivity contribution in [2.75, 3.05) is 24.7 Å². The molecule has 0 amide bonds. The van der Waals surface area contributed by atoms with Gasteiger partial charge in [-0.05, 0) is 25.8 Å². The normalized spacial score (nSPS) is 14.9. The van der Waals surface area contributed by atoms with E-state index in [0.717, 1.165) is 0 Å². The molecule has 1 aromatic rings. The highest BCUT2D eigenvalue weighted by Crippen LogP contribution is 2.43. The van der Waals surface area contributed by atoms with Crippen LogP contribution in [0.1, 0.15) is 24.5 Å². The number of nitrogens with zero attached hydrogens (tertiary/aromatic N) is 3. The Bertz CT molecular complexity index is 627. The fourth-order valence-corrected chi connectivity index (χ4v) is 2.60. The third-order valence-corrected chi connectivity index (χ3v) is 3.76. The first-order chi connectivity index (χ1) is 10.9. The van der Waals surface area contributed by atoms with Crippen LogP contribution in [0.3, 0.4) is 0 Å². The van der Waals surface area contributed by atoms with Crippen LogP contribution in [0.2, 0.25) is 0 Å². The first-order valence-corrected chi connectivity index (χ1v) is 7.31. The summed E-state index contributed by atoms with van der Waals surface area (Å²) < 4.78 is 10.8. The molecular formula is C14H19N3O6. The van der Waals surface area contributed by atoms with E-state index in [4.69, 9.17) is 9.47 Å². The van der Waals surface area contributed by atoms with E-state index >= 15 is 0 Å². The average molecular weight is 325 g/mol. The molecule has 0 N–H and O–H groups in total. The van der Waals surface area contributed by atoms with Crippen molar-refractivity contribution in [3.63, 3.8) is 0 Å². The van der Waals surface area contributed by atoms with Gasteiger partial charge in [0.15, 0.2) is 5.69 Å². The second kappa shape index (κ2) is 6.88. The minimum Gasteiger partial charge on any atom is -0.333 e. The number of anilines is 1. The van der Waals surface area contributed by atoms with Crippen molar-refractivity contribution in [1.29, 1.82) is 0 Å². The maximum atomic E-state index is 11.6. The zero-order valence-electron chi connectivity index (χ0n) is 13.3. The first-order valence-electron chi connectivity index (χ1n) is 7.31. The maximum absolute atomic E-state index is 11.6. The largest absolute Gasteiger partial charge is 0.333 e. The zero-order chi connectivity index (χ0) is 17.1. The van der Waals surface area contributed by atoms with Crippen LogP contribution in [0.4, 0.5) is 17.1 Å². The number of aryl methyl sites for hydroxylation is 1. The Morgan fingerprint density at radius 2 is 1.83 bits per heavy atom. The van der Waals surface area contributed by atoms with Crippen molar-refractivity contribution in [2.24, 2.45) is 0 Å². The summed E-state index contributed by atoms with van der Waals surface area (Å²) in [4.78, 5) is 23.3. The van der Waals surface area contributed by atoms with E-state index in [1.54, 1.807) is 13.8 Å². The number of nitro benzene ring substituents is 2. The van der Waals surface area contributed by atoms with Gasteiger partial charge in [0.2, 0.25) is 6.41 Å². The number of nitro groups is 2. The summed E-state index contributed by atoms with van der Waals surface area (Å²) in [6.45, 7) is 6.11. The highest BCUT2D eigenvalue weighted by atomic mass is 16.7. The first kappa shape index (κ1) is 17.1. The summed E-state index contributed by atoms with van der Waals surface area (Å²) >= 11 is 0. The molecule has 23 heavy (non-hydrogen) atoms. The molecule has 1 saturated heterocycles. The van der Waals surface area contributed by atoms with Gasteiger partial charge in [0.25, 0.3) is 5.69 Å². The molecule has 1 aromatic carbocycles. The van der Waals surface area contributed by atoms with Crippen LogP contribution in [0.25, 0.3) is 0 Å². The van der Waals surface area contributed by atoms with E-state index < -0.39 is 16.3 Å². The molecule has 126 valence electrons. The van der Waals surface area contributed by atoms with Gasteiger partial charge in [0.1, 0.15) is 0 Å². The smallest absolute Gasteiger partial charge is 0.302 e. The summed E-state index contributed by atoms with van der Waals surface area (Å²) in [6, 6.07) is 1.36. The lowest BCUT2D eigenvalue weighted by Crippen LogP contribution is -2.37. The van der Waals surface area contributed by atoms with Crippen LogP contribution in [0, 0.1) is 34.1 Å². The minimum absolute atomic E-state index is 0.0585. The van der Waals surface area contributed by atoms with Crippen molar-refractivity contribution in [3.8, 4) is 0 Å². The van der Waals surface area contributed by atoms with Crippen molar-refractivity contribution >= 4 is 17.1 Å². The van der Waals surface area contributed by atoms with Crippen molar-refractivity contribution < 1.29 is 19.3 Å². The third kappa shape index (κ3) is 3.25. The molecule has 0 bridgehead atoms. The van der Waals surface area contributed by atoms with E-state index in [-0.39, 0.29) is 17.1 Å².